The fourth-order valence-electron chi connectivity index (χ4n) is 3.38. The predicted molar refractivity (Wildman–Crippen MR) is 144 cm³/mol. The number of amides is 1. The average molecular weight is 547 g/mol. The summed E-state index contributed by atoms with van der Waals surface area (Å²) in [5, 5.41) is 6.83. The summed E-state index contributed by atoms with van der Waals surface area (Å²) in [6.07, 6.45) is 2.09. The van der Waals surface area contributed by atoms with E-state index in [1.54, 1.807) is 12.1 Å². The van der Waals surface area contributed by atoms with Gasteiger partial charge in [0.2, 0.25) is 15.9 Å². The van der Waals surface area contributed by atoms with Gasteiger partial charge in [-0.3, -0.25) is 4.79 Å². The van der Waals surface area contributed by atoms with Crippen LogP contribution in [-0.2, 0) is 14.8 Å². The van der Waals surface area contributed by atoms with Crippen molar-refractivity contribution in [1.82, 2.24) is 14.3 Å². The summed E-state index contributed by atoms with van der Waals surface area (Å²) in [6.45, 7) is 1.94. The number of hydrogen-bond acceptors (Lipinski definition) is 7. The van der Waals surface area contributed by atoms with Crippen LogP contribution in [0, 0.1) is 0 Å². The van der Waals surface area contributed by atoms with Crippen molar-refractivity contribution < 1.29 is 13.2 Å². The van der Waals surface area contributed by atoms with E-state index in [2.05, 4.69) is 15.3 Å². The van der Waals surface area contributed by atoms with Crippen molar-refractivity contribution in [3.8, 4) is 11.1 Å². The van der Waals surface area contributed by atoms with Gasteiger partial charge in [0.15, 0.2) is 0 Å². The van der Waals surface area contributed by atoms with Crippen molar-refractivity contribution in [3.05, 3.63) is 65.3 Å². The van der Waals surface area contributed by atoms with E-state index in [9.17, 15) is 13.2 Å². The Labute approximate surface area is 217 Å². The van der Waals surface area contributed by atoms with Crippen LogP contribution in [0.2, 0.25) is 5.02 Å². The molecule has 4 aromatic rings. The van der Waals surface area contributed by atoms with Crippen LogP contribution < -0.4 is 5.32 Å². The van der Waals surface area contributed by atoms with Crippen molar-refractivity contribution >= 4 is 66.5 Å². The van der Waals surface area contributed by atoms with Crippen LogP contribution >= 0.6 is 34.7 Å². The molecule has 0 aliphatic carbocycles. The van der Waals surface area contributed by atoms with Gasteiger partial charge in [0.25, 0.3) is 0 Å². The molecule has 0 bridgehead atoms. The number of aromatic nitrogens is 2. The number of sulfonamides is 1. The molecule has 0 fully saturated rings. The van der Waals surface area contributed by atoms with Gasteiger partial charge in [0.05, 0.1) is 15.5 Å². The van der Waals surface area contributed by atoms with Gasteiger partial charge in [-0.2, -0.15) is 0 Å². The lowest BCUT2D eigenvalue weighted by Gasteiger charge is -2.16. The maximum atomic E-state index is 13.1. The Bertz CT molecular complexity index is 1450. The number of rotatable bonds is 8. The number of halogens is 1. The first kappa shape index (κ1) is 25.6. The number of benzene rings is 2. The molecule has 11 heteroatoms. The van der Waals surface area contributed by atoms with E-state index < -0.39 is 15.3 Å². The number of anilines is 1. The SMILES string of the molecule is CCC(Sc1ncnc2scc(-c3ccc(Cl)cc3)c12)C(=O)Nc1ccc(S(=O)(=O)N(C)C)cc1. The second-order valence-corrected chi connectivity index (χ2v) is 12.5. The number of nitrogens with one attached hydrogen (secondary N) is 1. The Morgan fingerprint density at radius 1 is 1.11 bits per heavy atom. The summed E-state index contributed by atoms with van der Waals surface area (Å²) in [4.78, 5) is 23.0. The monoisotopic (exact) mass is 546 g/mol. The van der Waals surface area contributed by atoms with Gasteiger partial charge in [-0.15, -0.1) is 11.3 Å². The number of carbonyl (C=O) groups excluding carboxylic acids is 1. The van der Waals surface area contributed by atoms with E-state index in [4.69, 9.17) is 11.6 Å². The topological polar surface area (TPSA) is 92.3 Å². The molecule has 0 spiro atoms. The summed E-state index contributed by atoms with van der Waals surface area (Å²) >= 11 is 8.97. The standard InChI is InChI=1S/C24H23ClN4O3S3/c1-4-20(22(30)28-17-9-11-18(12-10-17)35(31,32)29(2)3)34-24-21-19(13-33-23(21)26-14-27-24)15-5-7-16(25)8-6-15/h5-14,20H,4H2,1-3H3,(H,28,30). The third-order valence-corrected chi connectivity index (χ3v) is 9.64. The Morgan fingerprint density at radius 3 is 2.43 bits per heavy atom. The van der Waals surface area contributed by atoms with Gasteiger partial charge in [-0.05, 0) is 48.4 Å². The molecule has 2 heterocycles. The van der Waals surface area contributed by atoms with E-state index in [1.165, 1.54) is 55.7 Å². The zero-order chi connectivity index (χ0) is 25.2. The lowest BCUT2D eigenvalue weighted by Crippen LogP contribution is -2.25. The van der Waals surface area contributed by atoms with Crippen molar-refractivity contribution in [3.63, 3.8) is 0 Å². The first-order chi connectivity index (χ1) is 16.7. The predicted octanol–water partition coefficient (Wildman–Crippen LogP) is 5.77. The van der Waals surface area contributed by atoms with Crippen molar-refractivity contribution in [2.24, 2.45) is 0 Å². The fourth-order valence-corrected chi connectivity index (χ4v) is 6.42. The smallest absolute Gasteiger partial charge is 0.242 e. The molecule has 182 valence electrons. The number of fused-ring (bicyclic) bond motifs is 1. The second kappa shape index (κ2) is 10.6. The van der Waals surface area contributed by atoms with E-state index >= 15 is 0 Å². The van der Waals surface area contributed by atoms with E-state index in [-0.39, 0.29) is 10.8 Å². The summed E-state index contributed by atoms with van der Waals surface area (Å²) in [7, 11) is -0.580. The molecule has 0 saturated heterocycles. The molecule has 7 nitrogen and oxygen atoms in total. The molecule has 0 aliphatic heterocycles. The van der Waals surface area contributed by atoms with Crippen LogP contribution in [0.5, 0.6) is 0 Å². The van der Waals surface area contributed by atoms with E-state index in [0.717, 1.165) is 30.7 Å². The number of carbonyl (C=O) groups is 1. The summed E-state index contributed by atoms with van der Waals surface area (Å²) < 4.78 is 25.7. The summed E-state index contributed by atoms with van der Waals surface area (Å²) in [6, 6.07) is 13.7. The number of hydrogen-bond donors (Lipinski definition) is 1. The average Bonchev–Trinajstić information content (AvgIpc) is 3.28. The minimum absolute atomic E-state index is 0.164. The molecule has 2 aromatic carbocycles. The molecule has 2 aromatic heterocycles. The van der Waals surface area contributed by atoms with Crippen molar-refractivity contribution in [2.75, 3.05) is 19.4 Å². The van der Waals surface area contributed by atoms with Crippen LogP contribution in [0.4, 0.5) is 5.69 Å². The van der Waals surface area contributed by atoms with Gasteiger partial charge >= 0.3 is 0 Å². The minimum atomic E-state index is -3.53. The third-order valence-electron chi connectivity index (χ3n) is 5.31. The highest BCUT2D eigenvalue weighted by Crippen LogP contribution is 2.39. The molecule has 0 saturated carbocycles. The van der Waals surface area contributed by atoms with Gasteiger partial charge in [-0.25, -0.2) is 22.7 Å². The highest BCUT2D eigenvalue weighted by atomic mass is 35.5. The van der Waals surface area contributed by atoms with Crippen LogP contribution in [0.1, 0.15) is 13.3 Å². The molecule has 4 rings (SSSR count). The lowest BCUT2D eigenvalue weighted by atomic mass is 10.1. The van der Waals surface area contributed by atoms with Gasteiger partial charge in [0.1, 0.15) is 16.2 Å². The molecule has 1 amide bonds. The molecule has 35 heavy (non-hydrogen) atoms. The highest BCUT2D eigenvalue weighted by Gasteiger charge is 2.23. The van der Waals surface area contributed by atoms with Crippen LogP contribution in [-0.4, -0.2) is 47.9 Å². The molecular weight excluding hydrogens is 524 g/mol. The second-order valence-electron chi connectivity index (χ2n) is 7.83. The minimum Gasteiger partial charge on any atom is -0.325 e. The molecule has 1 N–H and O–H groups in total. The van der Waals surface area contributed by atoms with E-state index in [0.29, 0.717) is 17.1 Å². The highest BCUT2D eigenvalue weighted by molar-refractivity contribution is 8.00. The van der Waals surface area contributed by atoms with Gasteiger partial charge in [-0.1, -0.05) is 42.4 Å². The zero-order valence-corrected chi connectivity index (χ0v) is 22.4. The molecular formula is C24H23ClN4O3S3. The molecule has 0 radical (unpaired) electrons. The maximum absolute atomic E-state index is 13.1. The Morgan fingerprint density at radius 2 is 1.80 bits per heavy atom. The third kappa shape index (κ3) is 5.52. The lowest BCUT2D eigenvalue weighted by molar-refractivity contribution is -0.115. The van der Waals surface area contributed by atoms with Crippen LogP contribution in [0.3, 0.4) is 0 Å². The Balaban J connectivity index is 1.56. The summed E-state index contributed by atoms with van der Waals surface area (Å²) in [5.41, 5.74) is 2.53. The van der Waals surface area contributed by atoms with Gasteiger partial charge < -0.3 is 5.32 Å². The normalized spacial score (nSPS) is 12.7. The zero-order valence-electron chi connectivity index (χ0n) is 19.2. The van der Waals surface area contributed by atoms with E-state index in [1.807, 2.05) is 36.6 Å². The van der Waals surface area contributed by atoms with Crippen molar-refractivity contribution in [2.45, 2.75) is 28.5 Å². The summed E-state index contributed by atoms with van der Waals surface area (Å²) in [5.74, 6) is -0.184. The van der Waals surface area contributed by atoms with Gasteiger partial charge in [0, 0.05) is 35.7 Å². The first-order valence-corrected chi connectivity index (χ1v) is 14.3. The van der Waals surface area contributed by atoms with Crippen LogP contribution in [0.25, 0.3) is 21.3 Å². The van der Waals surface area contributed by atoms with Crippen molar-refractivity contribution in [1.29, 1.82) is 0 Å². The molecule has 1 unspecified atom stereocenters. The number of thiophene rings is 1. The largest absolute Gasteiger partial charge is 0.325 e. The fraction of sp³-hybridized carbons (Fsp3) is 0.208. The molecule has 0 aliphatic rings. The first-order valence-electron chi connectivity index (χ1n) is 10.7. The number of thioether (sulfide) groups is 1. The van der Waals surface area contributed by atoms with Crippen LogP contribution in [0.15, 0.2) is 70.2 Å². The maximum Gasteiger partial charge on any atom is 0.242 e. The Kier molecular flexibility index (Phi) is 7.77. The Hall–Kier alpha value is -2.50. The molecule has 1 atom stereocenters. The quantitative estimate of drug-likeness (QED) is 0.223. The number of nitrogens with zero attached hydrogens (tertiary/aromatic N) is 3.